The maximum absolute atomic E-state index is 12.9. The molecule has 11 heteroatoms. The van der Waals surface area contributed by atoms with E-state index < -0.39 is 23.9 Å². The Balaban J connectivity index is 1.44. The molecule has 146 valence electrons. The predicted octanol–water partition coefficient (Wildman–Crippen LogP) is 3.55. The van der Waals surface area contributed by atoms with Crippen LogP contribution in [0.3, 0.4) is 0 Å². The monoisotopic (exact) mass is 410 g/mol. The van der Waals surface area contributed by atoms with Crippen LogP contribution in [0, 0.1) is 0 Å². The van der Waals surface area contributed by atoms with E-state index in [9.17, 15) is 22.8 Å². The number of hydrogen-bond acceptors (Lipinski definition) is 5. The standard InChI is InChI=1S/C17H13F3N4O3S/c18-17(19,20)12-8-28-15-14(21-9-24(12)15)22-13(25)7-10-1-3-11(4-2-10)23-5-6-27-16(23)26/h1-4,8-9H,5-7H2,(H,22,25). The number of carbonyl (C=O) groups excluding carboxylic acids is 2. The van der Waals surface area contributed by atoms with Crippen LogP contribution >= 0.6 is 11.3 Å². The van der Waals surface area contributed by atoms with Crippen LogP contribution in [0.5, 0.6) is 0 Å². The van der Waals surface area contributed by atoms with Crippen molar-refractivity contribution < 1.29 is 27.5 Å². The van der Waals surface area contributed by atoms with Gasteiger partial charge in [-0.15, -0.1) is 11.3 Å². The van der Waals surface area contributed by atoms with Crippen LogP contribution in [0.4, 0.5) is 29.5 Å². The quantitative estimate of drug-likeness (QED) is 0.714. The molecule has 1 aromatic carbocycles. The second-order valence-corrected chi connectivity index (χ2v) is 6.90. The summed E-state index contributed by atoms with van der Waals surface area (Å²) in [5.74, 6) is -0.321. The molecule has 0 radical (unpaired) electrons. The molecule has 0 atom stereocenters. The highest BCUT2D eigenvalue weighted by Crippen LogP contribution is 2.35. The first kappa shape index (κ1) is 18.3. The number of nitrogens with zero attached hydrogens (tertiary/aromatic N) is 3. The number of nitrogens with one attached hydrogen (secondary N) is 1. The topological polar surface area (TPSA) is 75.9 Å². The minimum Gasteiger partial charge on any atom is -0.447 e. The van der Waals surface area contributed by atoms with Crippen molar-refractivity contribution in [3.05, 3.63) is 47.2 Å². The lowest BCUT2D eigenvalue weighted by Gasteiger charge is -2.12. The Morgan fingerprint density at radius 3 is 2.68 bits per heavy atom. The largest absolute Gasteiger partial charge is 0.447 e. The van der Waals surface area contributed by atoms with Crippen molar-refractivity contribution in [2.45, 2.75) is 12.6 Å². The maximum Gasteiger partial charge on any atom is 0.432 e. The normalized spacial score (nSPS) is 14.5. The highest BCUT2D eigenvalue weighted by molar-refractivity contribution is 7.16. The highest BCUT2D eigenvalue weighted by Gasteiger charge is 2.35. The zero-order valence-electron chi connectivity index (χ0n) is 14.2. The third kappa shape index (κ3) is 3.40. The number of benzene rings is 1. The molecular weight excluding hydrogens is 397 g/mol. The van der Waals surface area contributed by atoms with E-state index in [4.69, 9.17) is 4.74 Å². The number of alkyl halides is 3. The number of hydrogen-bond donors (Lipinski definition) is 1. The van der Waals surface area contributed by atoms with Crippen LogP contribution in [0.2, 0.25) is 0 Å². The SMILES string of the molecule is O=C(Cc1ccc(N2CCOC2=O)cc1)Nc1ncn2c(C(F)(F)F)csc12. The van der Waals surface area contributed by atoms with E-state index in [0.29, 0.717) is 24.4 Å². The number of thiazole rings is 1. The molecule has 1 fully saturated rings. The van der Waals surface area contributed by atoms with E-state index >= 15 is 0 Å². The molecule has 3 heterocycles. The number of ether oxygens (including phenoxy) is 1. The fourth-order valence-electron chi connectivity index (χ4n) is 2.86. The van der Waals surface area contributed by atoms with Gasteiger partial charge in [0.05, 0.1) is 13.0 Å². The second kappa shape index (κ2) is 6.82. The number of halogens is 3. The molecule has 0 bridgehead atoms. The molecule has 2 aromatic heterocycles. The number of imidazole rings is 1. The smallest absolute Gasteiger partial charge is 0.432 e. The van der Waals surface area contributed by atoms with Crippen molar-refractivity contribution >= 4 is 39.7 Å². The predicted molar refractivity (Wildman–Crippen MR) is 95.5 cm³/mol. The molecule has 0 spiro atoms. The molecule has 3 aromatic rings. The summed E-state index contributed by atoms with van der Waals surface area (Å²) in [6, 6.07) is 6.82. The molecule has 1 saturated heterocycles. The minimum atomic E-state index is -4.50. The van der Waals surface area contributed by atoms with Gasteiger partial charge in [-0.2, -0.15) is 13.2 Å². The Morgan fingerprint density at radius 1 is 1.29 bits per heavy atom. The molecule has 4 rings (SSSR count). The molecule has 28 heavy (non-hydrogen) atoms. The van der Waals surface area contributed by atoms with Crippen LogP contribution in [0.15, 0.2) is 36.0 Å². The summed E-state index contributed by atoms with van der Waals surface area (Å²) in [5, 5.41) is 3.52. The van der Waals surface area contributed by atoms with Crippen molar-refractivity contribution in [2.24, 2.45) is 0 Å². The van der Waals surface area contributed by atoms with Gasteiger partial charge < -0.3 is 10.1 Å². The van der Waals surface area contributed by atoms with Gasteiger partial charge in [-0.05, 0) is 17.7 Å². The Morgan fingerprint density at radius 2 is 2.04 bits per heavy atom. The van der Waals surface area contributed by atoms with Crippen molar-refractivity contribution in [2.75, 3.05) is 23.4 Å². The van der Waals surface area contributed by atoms with Crippen LogP contribution in [-0.2, 0) is 22.1 Å². The molecule has 0 saturated carbocycles. The number of carbonyl (C=O) groups is 2. The number of cyclic esters (lactones) is 1. The molecule has 0 aliphatic carbocycles. The van der Waals surface area contributed by atoms with Gasteiger partial charge in [-0.1, -0.05) is 12.1 Å². The van der Waals surface area contributed by atoms with Gasteiger partial charge >= 0.3 is 12.3 Å². The Hall–Kier alpha value is -3.08. The summed E-state index contributed by atoms with van der Waals surface area (Å²) >= 11 is 0.855. The number of amides is 2. The summed E-state index contributed by atoms with van der Waals surface area (Å²) in [7, 11) is 0. The van der Waals surface area contributed by atoms with Crippen LogP contribution in [0.1, 0.15) is 11.3 Å². The minimum absolute atomic E-state index is 0.0151. The van der Waals surface area contributed by atoms with E-state index in [1.807, 2.05) is 0 Å². The van der Waals surface area contributed by atoms with Gasteiger partial charge in [0.25, 0.3) is 0 Å². The van der Waals surface area contributed by atoms with Crippen molar-refractivity contribution in [1.82, 2.24) is 9.38 Å². The average Bonchev–Trinajstić information content (AvgIpc) is 3.32. The summed E-state index contributed by atoms with van der Waals surface area (Å²) < 4.78 is 44.5. The van der Waals surface area contributed by atoms with E-state index in [0.717, 1.165) is 27.4 Å². The Bertz CT molecular complexity index is 1040. The fraction of sp³-hybridized carbons (Fsp3) is 0.235. The van der Waals surface area contributed by atoms with Gasteiger partial charge in [0.2, 0.25) is 5.91 Å². The van der Waals surface area contributed by atoms with Gasteiger partial charge in [-0.3, -0.25) is 14.1 Å². The third-order valence-corrected chi connectivity index (χ3v) is 5.14. The van der Waals surface area contributed by atoms with Gasteiger partial charge in [0, 0.05) is 11.1 Å². The lowest BCUT2D eigenvalue weighted by atomic mass is 10.1. The number of fused-ring (bicyclic) bond motifs is 1. The first-order chi connectivity index (χ1) is 13.3. The fourth-order valence-corrected chi connectivity index (χ4v) is 3.81. The lowest BCUT2D eigenvalue weighted by molar-refractivity contribution is -0.141. The molecule has 7 nitrogen and oxygen atoms in total. The van der Waals surface area contributed by atoms with Crippen LogP contribution in [-0.4, -0.2) is 34.5 Å². The van der Waals surface area contributed by atoms with Crippen LogP contribution < -0.4 is 10.2 Å². The van der Waals surface area contributed by atoms with Gasteiger partial charge in [-0.25, -0.2) is 9.78 Å². The summed E-state index contributed by atoms with van der Waals surface area (Å²) in [5.41, 5.74) is 0.517. The molecule has 1 aliphatic rings. The van der Waals surface area contributed by atoms with E-state index in [1.165, 1.54) is 4.90 Å². The van der Waals surface area contributed by atoms with Crippen LogP contribution in [0.25, 0.3) is 4.83 Å². The molecular formula is C17H13F3N4O3S. The first-order valence-corrected chi connectivity index (χ1v) is 9.06. The van der Waals surface area contributed by atoms with Crippen molar-refractivity contribution in [3.8, 4) is 0 Å². The van der Waals surface area contributed by atoms with E-state index in [2.05, 4.69) is 10.3 Å². The summed E-state index contributed by atoms with van der Waals surface area (Å²) in [4.78, 5) is 29.4. The van der Waals surface area contributed by atoms with E-state index in [-0.39, 0.29) is 17.1 Å². The third-order valence-electron chi connectivity index (χ3n) is 4.19. The average molecular weight is 410 g/mol. The number of rotatable bonds is 4. The number of aromatic nitrogens is 2. The van der Waals surface area contributed by atoms with E-state index in [1.54, 1.807) is 24.3 Å². The zero-order chi connectivity index (χ0) is 19.9. The second-order valence-electron chi connectivity index (χ2n) is 6.04. The summed E-state index contributed by atoms with van der Waals surface area (Å²) in [6.07, 6.45) is -3.86. The van der Waals surface area contributed by atoms with Crippen molar-refractivity contribution in [1.29, 1.82) is 0 Å². The van der Waals surface area contributed by atoms with Gasteiger partial charge in [0.1, 0.15) is 23.5 Å². The maximum atomic E-state index is 12.9. The van der Waals surface area contributed by atoms with Crippen molar-refractivity contribution in [3.63, 3.8) is 0 Å². The zero-order valence-corrected chi connectivity index (χ0v) is 15.0. The molecule has 1 aliphatic heterocycles. The van der Waals surface area contributed by atoms with Gasteiger partial charge in [0.15, 0.2) is 5.82 Å². The molecule has 1 N–H and O–H groups in total. The molecule has 2 amide bonds. The Labute approximate surface area is 160 Å². The summed E-state index contributed by atoms with van der Waals surface area (Å²) in [6.45, 7) is 0.802. The Kier molecular flexibility index (Phi) is 4.46. The first-order valence-electron chi connectivity index (χ1n) is 8.18. The lowest BCUT2D eigenvalue weighted by Crippen LogP contribution is -2.23. The molecule has 0 unspecified atom stereocenters. The highest BCUT2D eigenvalue weighted by atomic mass is 32.1. The number of anilines is 2.